The molecule has 2 rings (SSSR count). The minimum atomic E-state index is -0.583. The van der Waals surface area contributed by atoms with Crippen LogP contribution in [-0.4, -0.2) is 37.7 Å². The van der Waals surface area contributed by atoms with E-state index in [1.165, 1.54) is 59.3 Å². The Bertz CT molecular complexity index is 1050. The van der Waals surface area contributed by atoms with Gasteiger partial charge in [-0.15, -0.1) is 0 Å². The molecule has 0 N–H and O–H groups in total. The molecule has 0 fully saturated rings. The number of hydrogen-bond acceptors (Lipinski definition) is 8. The highest BCUT2D eigenvalue weighted by atomic mass is 16.6. The predicted molar refractivity (Wildman–Crippen MR) is 116 cm³/mol. The maximum Gasteiger partial charge on any atom is 0.308 e. The number of hydrogen-bond donors (Lipinski definition) is 0. The molecule has 0 aliphatic rings. The Kier molecular flexibility index (Phi) is 8.12. The second kappa shape index (κ2) is 10.6. The molecule has 0 heterocycles. The second-order valence-electron chi connectivity index (χ2n) is 7.04. The Morgan fingerprint density at radius 1 is 0.781 bits per heavy atom. The highest BCUT2D eigenvalue weighted by molar-refractivity contribution is 6.11. The average molecular weight is 442 g/mol. The van der Waals surface area contributed by atoms with Gasteiger partial charge in [0, 0.05) is 30.9 Å². The molecule has 8 nitrogen and oxygen atoms in total. The number of rotatable bonds is 9. The Hall–Kier alpha value is -3.68. The van der Waals surface area contributed by atoms with E-state index < -0.39 is 23.6 Å². The summed E-state index contributed by atoms with van der Waals surface area (Å²) in [7, 11) is 2.79. The number of esters is 2. The Morgan fingerprint density at radius 2 is 1.34 bits per heavy atom. The molecule has 0 amide bonds. The molecule has 0 radical (unpaired) electrons. The van der Waals surface area contributed by atoms with Crippen molar-refractivity contribution in [3.63, 3.8) is 0 Å². The number of Topliss-reactive ketones (excluding diaryl/α,β-unsaturated/α-hetero) is 1. The second-order valence-corrected chi connectivity index (χ2v) is 7.04. The van der Waals surface area contributed by atoms with E-state index in [4.69, 9.17) is 18.9 Å². The van der Waals surface area contributed by atoms with Crippen molar-refractivity contribution in [1.82, 2.24) is 0 Å². The molecule has 1 unspecified atom stereocenters. The summed E-state index contributed by atoms with van der Waals surface area (Å²) >= 11 is 0. The van der Waals surface area contributed by atoms with E-state index >= 15 is 0 Å². The van der Waals surface area contributed by atoms with Gasteiger partial charge in [-0.2, -0.15) is 0 Å². The molecular weight excluding hydrogens is 416 g/mol. The number of methoxy groups -OCH3 is 2. The minimum absolute atomic E-state index is 0.0639. The van der Waals surface area contributed by atoms with Crippen molar-refractivity contribution < 1.29 is 38.1 Å². The van der Waals surface area contributed by atoms with Crippen molar-refractivity contribution in [3.05, 3.63) is 47.0 Å². The molecule has 0 bridgehead atoms. The van der Waals surface area contributed by atoms with E-state index in [1.807, 2.05) is 6.92 Å². The van der Waals surface area contributed by atoms with Crippen molar-refractivity contribution >= 4 is 23.5 Å². The summed E-state index contributed by atoms with van der Waals surface area (Å²) in [5.74, 6) is -1.56. The lowest BCUT2D eigenvalue weighted by Crippen LogP contribution is -2.15. The lowest BCUT2D eigenvalue weighted by molar-refractivity contribution is -0.132. The number of ketones is 2. The van der Waals surface area contributed by atoms with Crippen LogP contribution >= 0.6 is 0 Å². The van der Waals surface area contributed by atoms with Crippen LogP contribution in [0.1, 0.15) is 61.5 Å². The van der Waals surface area contributed by atoms with Crippen molar-refractivity contribution in [2.75, 3.05) is 14.2 Å². The van der Waals surface area contributed by atoms with Crippen LogP contribution in [0.5, 0.6) is 23.0 Å². The first kappa shape index (κ1) is 24.6. The third-order valence-electron chi connectivity index (χ3n) is 4.79. The van der Waals surface area contributed by atoms with E-state index in [9.17, 15) is 19.2 Å². The smallest absolute Gasteiger partial charge is 0.308 e. The van der Waals surface area contributed by atoms with Gasteiger partial charge in [-0.1, -0.05) is 6.92 Å². The molecule has 1 atom stereocenters. The number of carbonyl (C=O) groups excluding carboxylic acids is 4. The fourth-order valence-corrected chi connectivity index (χ4v) is 3.38. The van der Waals surface area contributed by atoms with Crippen LogP contribution in [0.3, 0.4) is 0 Å². The summed E-state index contributed by atoms with van der Waals surface area (Å²) < 4.78 is 20.9. The van der Waals surface area contributed by atoms with Gasteiger partial charge in [-0.3, -0.25) is 19.2 Å². The summed E-state index contributed by atoms with van der Waals surface area (Å²) in [5.41, 5.74) is 0.878. The van der Waals surface area contributed by atoms with E-state index in [1.54, 1.807) is 6.07 Å². The number of benzene rings is 2. The maximum atomic E-state index is 13.5. The van der Waals surface area contributed by atoms with E-state index in [2.05, 4.69) is 0 Å². The highest BCUT2D eigenvalue weighted by Crippen LogP contribution is 2.37. The van der Waals surface area contributed by atoms with E-state index in [0.29, 0.717) is 12.0 Å². The van der Waals surface area contributed by atoms with Gasteiger partial charge < -0.3 is 18.9 Å². The van der Waals surface area contributed by atoms with Crippen LogP contribution in [0, 0.1) is 0 Å². The largest absolute Gasteiger partial charge is 0.493 e. The quantitative estimate of drug-likeness (QED) is 0.327. The first-order valence-electron chi connectivity index (χ1n) is 9.94. The summed E-state index contributed by atoms with van der Waals surface area (Å²) in [6, 6.07) is 7.32. The van der Waals surface area contributed by atoms with Crippen molar-refractivity contribution in [1.29, 1.82) is 0 Å². The third-order valence-corrected chi connectivity index (χ3v) is 4.79. The van der Waals surface area contributed by atoms with Gasteiger partial charge in [-0.05, 0) is 49.2 Å². The van der Waals surface area contributed by atoms with E-state index in [0.717, 1.165) is 0 Å². The summed E-state index contributed by atoms with van der Waals surface area (Å²) in [6.45, 7) is 5.78. The van der Waals surface area contributed by atoms with Gasteiger partial charge in [-0.25, -0.2) is 0 Å². The van der Waals surface area contributed by atoms with Gasteiger partial charge in [0.2, 0.25) is 0 Å². The van der Waals surface area contributed by atoms with Crippen molar-refractivity contribution in [3.8, 4) is 23.0 Å². The number of carbonyl (C=O) groups is 4. The molecule has 0 aromatic heterocycles. The van der Waals surface area contributed by atoms with Crippen molar-refractivity contribution in [2.24, 2.45) is 0 Å². The summed E-state index contributed by atoms with van der Waals surface area (Å²) in [6.07, 6.45) is 0.459. The monoisotopic (exact) mass is 442 g/mol. The standard InChI is InChI=1S/C24H26O8/c1-7-17(13(2)25)18-11-22(30-6)23(32-15(4)27)12-19(18)24(28)16-8-9-20(31-14(3)26)21(10-16)29-5/h8-12,17H,7H2,1-6H3. The van der Waals surface area contributed by atoms with Gasteiger partial charge in [0.05, 0.1) is 14.2 Å². The van der Waals surface area contributed by atoms with Crippen molar-refractivity contribution in [2.45, 2.75) is 40.0 Å². The normalized spacial score (nSPS) is 11.3. The molecule has 0 saturated heterocycles. The molecule has 0 aliphatic carbocycles. The zero-order valence-electron chi connectivity index (χ0n) is 18.9. The summed E-state index contributed by atoms with van der Waals surface area (Å²) in [5, 5.41) is 0. The number of ether oxygens (including phenoxy) is 4. The average Bonchev–Trinajstić information content (AvgIpc) is 2.73. The minimum Gasteiger partial charge on any atom is -0.493 e. The van der Waals surface area contributed by atoms with Crippen LogP contribution in [0.15, 0.2) is 30.3 Å². The first-order chi connectivity index (χ1) is 15.1. The Labute approximate surface area is 186 Å². The van der Waals surface area contributed by atoms with Crippen LogP contribution in [0.2, 0.25) is 0 Å². The summed E-state index contributed by atoms with van der Waals surface area (Å²) in [4.78, 5) is 48.6. The van der Waals surface area contributed by atoms with Crippen LogP contribution in [-0.2, 0) is 14.4 Å². The molecule has 0 spiro atoms. The van der Waals surface area contributed by atoms with Gasteiger partial charge >= 0.3 is 11.9 Å². The fraction of sp³-hybridized carbons (Fsp3) is 0.333. The lowest BCUT2D eigenvalue weighted by atomic mass is 9.86. The van der Waals surface area contributed by atoms with Gasteiger partial charge in [0.1, 0.15) is 5.78 Å². The molecule has 170 valence electrons. The van der Waals surface area contributed by atoms with Crippen LogP contribution < -0.4 is 18.9 Å². The SMILES string of the molecule is CCC(C(C)=O)c1cc(OC)c(OC(C)=O)cc1C(=O)c1ccc(OC(C)=O)c(OC)c1. The Morgan fingerprint density at radius 3 is 1.84 bits per heavy atom. The zero-order chi connectivity index (χ0) is 24.0. The zero-order valence-corrected chi connectivity index (χ0v) is 18.9. The predicted octanol–water partition coefficient (Wildman–Crippen LogP) is 3.87. The van der Waals surface area contributed by atoms with E-state index in [-0.39, 0.29) is 39.9 Å². The molecule has 2 aromatic carbocycles. The third kappa shape index (κ3) is 5.51. The highest BCUT2D eigenvalue weighted by Gasteiger charge is 2.26. The molecular formula is C24H26O8. The molecule has 32 heavy (non-hydrogen) atoms. The first-order valence-corrected chi connectivity index (χ1v) is 9.94. The fourth-order valence-electron chi connectivity index (χ4n) is 3.38. The Balaban J connectivity index is 2.69. The lowest BCUT2D eigenvalue weighted by Gasteiger charge is -2.19. The van der Waals surface area contributed by atoms with Gasteiger partial charge in [0.15, 0.2) is 28.8 Å². The molecule has 0 aliphatic heterocycles. The molecule has 0 saturated carbocycles. The topological polar surface area (TPSA) is 105 Å². The van der Waals surface area contributed by atoms with Crippen LogP contribution in [0.25, 0.3) is 0 Å². The van der Waals surface area contributed by atoms with Gasteiger partial charge in [0.25, 0.3) is 0 Å². The maximum absolute atomic E-state index is 13.5. The van der Waals surface area contributed by atoms with Crippen LogP contribution in [0.4, 0.5) is 0 Å². The molecule has 2 aromatic rings. The molecule has 8 heteroatoms.